The lowest BCUT2D eigenvalue weighted by Crippen LogP contribution is -2.19. The predicted octanol–water partition coefficient (Wildman–Crippen LogP) is 3.40. The number of halogens is 3. The van der Waals surface area contributed by atoms with Gasteiger partial charge in [-0.3, -0.25) is 4.79 Å². The molecule has 2 aromatic rings. The van der Waals surface area contributed by atoms with Crippen molar-refractivity contribution in [3.63, 3.8) is 0 Å². The van der Waals surface area contributed by atoms with Crippen LogP contribution in [0.5, 0.6) is 0 Å². The van der Waals surface area contributed by atoms with Gasteiger partial charge < -0.3 is 4.57 Å². The Morgan fingerprint density at radius 3 is 2.76 bits per heavy atom. The van der Waals surface area contributed by atoms with E-state index in [1.807, 2.05) is 0 Å². The molecular weight excluding hydrogens is 400 g/mol. The fraction of sp³-hybridized carbons (Fsp3) is 0.0833. The first-order valence-corrected chi connectivity index (χ1v) is 6.73. The summed E-state index contributed by atoms with van der Waals surface area (Å²) in [5.74, 6) is -0.315. The van der Waals surface area contributed by atoms with Gasteiger partial charge in [-0.15, -0.1) is 0 Å². The number of hydrogen-bond donors (Lipinski definition) is 0. The maximum absolute atomic E-state index is 13.6. The summed E-state index contributed by atoms with van der Waals surface area (Å²) in [6.07, 6.45) is 1.71. The molecule has 0 amide bonds. The Balaban J connectivity index is 2.38. The molecule has 0 atom stereocenters. The Labute approximate surface area is 120 Å². The number of rotatable bonds is 2. The van der Waals surface area contributed by atoms with Crippen molar-refractivity contribution in [2.75, 3.05) is 0 Å². The van der Waals surface area contributed by atoms with Crippen LogP contribution < -0.4 is 5.56 Å². The van der Waals surface area contributed by atoms with E-state index in [9.17, 15) is 9.18 Å². The second kappa shape index (κ2) is 5.30. The zero-order valence-electron chi connectivity index (χ0n) is 8.66. The summed E-state index contributed by atoms with van der Waals surface area (Å²) in [5.41, 5.74) is 0.366. The highest BCUT2D eigenvalue weighted by atomic mass is 127. The molecule has 1 aromatic carbocycles. The van der Waals surface area contributed by atoms with Crippen LogP contribution in [0.3, 0.4) is 0 Å². The molecule has 0 N–H and O–H groups in total. The largest absolute Gasteiger partial charge is 0.310 e. The highest BCUT2D eigenvalue weighted by Gasteiger charge is 2.05. The van der Waals surface area contributed by atoms with Crippen LogP contribution in [-0.2, 0) is 6.54 Å². The van der Waals surface area contributed by atoms with E-state index in [1.165, 1.54) is 16.7 Å². The summed E-state index contributed by atoms with van der Waals surface area (Å²) >= 11 is 5.32. The first-order chi connectivity index (χ1) is 8.06. The average molecular weight is 408 g/mol. The first-order valence-electron chi connectivity index (χ1n) is 4.86. The number of hydrogen-bond acceptors (Lipinski definition) is 1. The monoisotopic (exact) mass is 407 g/mol. The lowest BCUT2D eigenvalue weighted by Gasteiger charge is -2.07. The van der Waals surface area contributed by atoms with Gasteiger partial charge in [-0.25, -0.2) is 4.39 Å². The molecule has 0 spiro atoms. The summed E-state index contributed by atoms with van der Waals surface area (Å²) in [4.78, 5) is 11.6. The second-order valence-corrected chi connectivity index (χ2v) is 5.71. The summed E-state index contributed by atoms with van der Waals surface area (Å²) in [6.45, 7) is 0.245. The van der Waals surface area contributed by atoms with Gasteiger partial charge in [0, 0.05) is 25.9 Å². The fourth-order valence-electron chi connectivity index (χ4n) is 1.46. The third-order valence-corrected chi connectivity index (χ3v) is 3.43. The molecule has 0 unspecified atom stereocenters. The van der Waals surface area contributed by atoms with Gasteiger partial charge in [-0.05, 0) is 40.8 Å². The number of nitrogens with zero attached hydrogens (tertiary/aromatic N) is 1. The molecule has 0 saturated heterocycles. The van der Waals surface area contributed by atoms with Gasteiger partial charge in [-0.2, -0.15) is 0 Å². The average Bonchev–Trinajstić information content (AvgIpc) is 2.27. The molecule has 1 aromatic heterocycles. The molecule has 88 valence electrons. The summed E-state index contributed by atoms with van der Waals surface area (Å²) in [7, 11) is 0. The van der Waals surface area contributed by atoms with Crippen molar-refractivity contribution in [2.45, 2.75) is 6.54 Å². The number of aromatic nitrogens is 1. The standard InChI is InChI=1S/C12H8BrFINO/c13-9-2-1-8(11(14)5-9)6-16-7-10(15)3-4-12(16)17/h1-5,7H,6H2. The lowest BCUT2D eigenvalue weighted by molar-refractivity contribution is 0.595. The maximum atomic E-state index is 13.6. The van der Waals surface area contributed by atoms with Crippen molar-refractivity contribution < 1.29 is 4.39 Å². The van der Waals surface area contributed by atoms with E-state index in [-0.39, 0.29) is 17.9 Å². The van der Waals surface area contributed by atoms with Gasteiger partial charge in [0.1, 0.15) is 5.82 Å². The Morgan fingerprint density at radius 2 is 2.06 bits per heavy atom. The molecule has 2 rings (SSSR count). The van der Waals surface area contributed by atoms with Crippen LogP contribution in [0.1, 0.15) is 5.56 Å². The fourth-order valence-corrected chi connectivity index (χ4v) is 2.31. The highest BCUT2D eigenvalue weighted by Crippen LogP contribution is 2.16. The van der Waals surface area contributed by atoms with Crippen molar-refractivity contribution >= 4 is 38.5 Å². The molecule has 5 heteroatoms. The van der Waals surface area contributed by atoms with Crippen LogP contribution in [-0.4, -0.2) is 4.57 Å². The zero-order chi connectivity index (χ0) is 12.4. The van der Waals surface area contributed by atoms with E-state index in [0.29, 0.717) is 10.0 Å². The summed E-state index contributed by atoms with van der Waals surface area (Å²) in [5, 5.41) is 0. The highest BCUT2D eigenvalue weighted by molar-refractivity contribution is 14.1. The molecule has 0 saturated carbocycles. The Bertz CT molecular complexity index is 612. The molecule has 0 fully saturated rings. The van der Waals surface area contributed by atoms with Crippen molar-refractivity contribution in [1.29, 1.82) is 0 Å². The van der Waals surface area contributed by atoms with E-state index in [1.54, 1.807) is 24.4 Å². The normalized spacial score (nSPS) is 10.5. The summed E-state index contributed by atoms with van der Waals surface area (Å²) in [6, 6.07) is 8.05. The van der Waals surface area contributed by atoms with Crippen LogP contribution in [0.15, 0.2) is 45.8 Å². The van der Waals surface area contributed by atoms with Crippen LogP contribution in [0.4, 0.5) is 4.39 Å². The SMILES string of the molecule is O=c1ccc(I)cn1Cc1ccc(Br)cc1F. The van der Waals surface area contributed by atoms with Gasteiger partial charge in [0.25, 0.3) is 5.56 Å². The van der Waals surface area contributed by atoms with E-state index in [2.05, 4.69) is 38.5 Å². The van der Waals surface area contributed by atoms with Gasteiger partial charge in [0.15, 0.2) is 0 Å². The molecule has 0 aliphatic rings. The van der Waals surface area contributed by atoms with Gasteiger partial charge in [-0.1, -0.05) is 22.0 Å². The molecule has 1 heterocycles. The molecule has 17 heavy (non-hydrogen) atoms. The topological polar surface area (TPSA) is 22.0 Å². The van der Waals surface area contributed by atoms with E-state index >= 15 is 0 Å². The maximum Gasteiger partial charge on any atom is 0.250 e. The molecule has 2 nitrogen and oxygen atoms in total. The van der Waals surface area contributed by atoms with Gasteiger partial charge in [0.05, 0.1) is 6.54 Å². The minimum Gasteiger partial charge on any atom is -0.310 e. The van der Waals surface area contributed by atoms with Gasteiger partial charge >= 0.3 is 0 Å². The van der Waals surface area contributed by atoms with Crippen molar-refractivity contribution in [1.82, 2.24) is 4.57 Å². The first kappa shape index (κ1) is 12.8. The van der Waals surface area contributed by atoms with Crippen LogP contribution in [0, 0.1) is 9.39 Å². The number of benzene rings is 1. The van der Waals surface area contributed by atoms with Crippen LogP contribution in [0.2, 0.25) is 0 Å². The van der Waals surface area contributed by atoms with Crippen molar-refractivity contribution in [3.05, 3.63) is 66.3 Å². The third-order valence-electron chi connectivity index (χ3n) is 2.30. The van der Waals surface area contributed by atoms with Gasteiger partial charge in [0.2, 0.25) is 0 Å². The van der Waals surface area contributed by atoms with E-state index < -0.39 is 0 Å². The molecule has 0 radical (unpaired) electrons. The Hall–Kier alpha value is -0.690. The quantitative estimate of drug-likeness (QED) is 0.699. The van der Waals surface area contributed by atoms with E-state index in [0.717, 1.165) is 3.57 Å². The zero-order valence-corrected chi connectivity index (χ0v) is 12.4. The predicted molar refractivity (Wildman–Crippen MR) is 76.6 cm³/mol. The minimum absolute atomic E-state index is 0.132. The third kappa shape index (κ3) is 3.16. The lowest BCUT2D eigenvalue weighted by atomic mass is 10.2. The molecule has 0 aliphatic carbocycles. The Morgan fingerprint density at radius 1 is 1.29 bits per heavy atom. The molecule has 0 aliphatic heterocycles. The second-order valence-electron chi connectivity index (χ2n) is 3.55. The van der Waals surface area contributed by atoms with Crippen LogP contribution in [0.25, 0.3) is 0 Å². The van der Waals surface area contributed by atoms with E-state index in [4.69, 9.17) is 0 Å². The van der Waals surface area contributed by atoms with Crippen molar-refractivity contribution in [2.24, 2.45) is 0 Å². The summed E-state index contributed by atoms with van der Waals surface area (Å²) < 4.78 is 16.7. The van der Waals surface area contributed by atoms with Crippen molar-refractivity contribution in [3.8, 4) is 0 Å². The van der Waals surface area contributed by atoms with Crippen LogP contribution >= 0.6 is 38.5 Å². The molecule has 0 bridgehead atoms. The molecular formula is C12H8BrFINO. The smallest absolute Gasteiger partial charge is 0.250 e. The Kier molecular flexibility index (Phi) is 3.98. The minimum atomic E-state index is -0.315. The number of pyridine rings is 1.